The molecule has 1 N–H and O–H groups in total. The van der Waals surface area contributed by atoms with E-state index in [-0.39, 0.29) is 18.3 Å². The summed E-state index contributed by atoms with van der Waals surface area (Å²) in [5.74, 6) is 0.501. The molecule has 2 aromatic carbocycles. The minimum absolute atomic E-state index is 0.000361. The molecule has 3 rings (SSSR count). The molecule has 0 saturated carbocycles. The predicted molar refractivity (Wildman–Crippen MR) is 86.6 cm³/mol. The van der Waals surface area contributed by atoms with E-state index in [1.54, 1.807) is 24.3 Å². The van der Waals surface area contributed by atoms with Gasteiger partial charge in [0.1, 0.15) is 5.75 Å². The largest absolute Gasteiger partial charge is 0.485 e. The number of ketones is 1. The quantitative estimate of drug-likeness (QED) is 0.863. The molecule has 0 radical (unpaired) electrons. The number of ether oxygens (including phenoxy) is 1. The van der Waals surface area contributed by atoms with Crippen molar-refractivity contribution < 1.29 is 14.3 Å². The molecular formula is C18H16N2O3. The molecule has 0 aromatic heterocycles. The number of nitrogens with zero attached hydrogens (tertiary/aromatic N) is 1. The van der Waals surface area contributed by atoms with E-state index >= 15 is 0 Å². The number of hydrogen-bond donors (Lipinski definition) is 1. The molecule has 0 atom stereocenters. The van der Waals surface area contributed by atoms with Gasteiger partial charge < -0.3 is 4.74 Å². The van der Waals surface area contributed by atoms with Gasteiger partial charge in [-0.2, -0.15) is 5.10 Å². The minimum atomic E-state index is -0.0619. The van der Waals surface area contributed by atoms with Gasteiger partial charge in [-0.15, -0.1) is 0 Å². The second kappa shape index (κ2) is 6.87. The second-order valence-electron chi connectivity index (χ2n) is 5.20. The molecule has 5 heteroatoms. The van der Waals surface area contributed by atoms with Gasteiger partial charge in [-0.3, -0.25) is 9.59 Å². The third-order valence-corrected chi connectivity index (χ3v) is 3.56. The summed E-state index contributed by atoms with van der Waals surface area (Å²) >= 11 is 0. The van der Waals surface area contributed by atoms with E-state index in [4.69, 9.17) is 4.74 Å². The van der Waals surface area contributed by atoms with Gasteiger partial charge in [-0.1, -0.05) is 30.3 Å². The van der Waals surface area contributed by atoms with Gasteiger partial charge in [0.05, 0.1) is 5.71 Å². The molecule has 0 aliphatic carbocycles. The zero-order valence-electron chi connectivity index (χ0n) is 12.5. The molecule has 1 aliphatic rings. The van der Waals surface area contributed by atoms with Crippen LogP contribution >= 0.6 is 0 Å². The standard InChI is InChI=1S/C18H16N2O3/c21-17(14-4-2-1-3-5-14)12-23-15-8-6-13(7-9-15)16-10-11-18(22)20-19-16/h1-9H,10-12H2,(H,20,22). The fourth-order valence-electron chi connectivity index (χ4n) is 2.28. The van der Waals surface area contributed by atoms with E-state index in [1.165, 1.54) is 0 Å². The van der Waals surface area contributed by atoms with Crippen molar-refractivity contribution in [2.24, 2.45) is 5.10 Å². The zero-order valence-corrected chi connectivity index (χ0v) is 12.5. The number of nitrogens with one attached hydrogen (secondary N) is 1. The molecule has 0 saturated heterocycles. The highest BCUT2D eigenvalue weighted by Crippen LogP contribution is 2.16. The van der Waals surface area contributed by atoms with Crippen LogP contribution in [0.2, 0.25) is 0 Å². The SMILES string of the molecule is O=C1CCC(c2ccc(OCC(=O)c3ccccc3)cc2)=NN1. The van der Waals surface area contributed by atoms with Crippen LogP contribution < -0.4 is 10.2 Å². The average molecular weight is 308 g/mol. The van der Waals surface area contributed by atoms with Crippen LogP contribution in [0.5, 0.6) is 5.75 Å². The molecule has 0 spiro atoms. The number of hydrazone groups is 1. The van der Waals surface area contributed by atoms with Gasteiger partial charge in [0.2, 0.25) is 5.91 Å². The van der Waals surface area contributed by atoms with Crippen LogP contribution in [-0.4, -0.2) is 24.0 Å². The van der Waals surface area contributed by atoms with Crippen LogP contribution in [-0.2, 0) is 4.79 Å². The van der Waals surface area contributed by atoms with Crippen molar-refractivity contribution >= 4 is 17.4 Å². The molecule has 1 heterocycles. The molecule has 0 bridgehead atoms. The minimum Gasteiger partial charge on any atom is -0.485 e. The smallest absolute Gasteiger partial charge is 0.240 e. The van der Waals surface area contributed by atoms with Crippen molar-refractivity contribution in [2.75, 3.05) is 6.61 Å². The first kappa shape index (κ1) is 15.0. The first-order valence-corrected chi connectivity index (χ1v) is 7.39. The van der Waals surface area contributed by atoms with Gasteiger partial charge in [0.25, 0.3) is 0 Å². The maximum atomic E-state index is 12.0. The molecule has 1 amide bonds. The van der Waals surface area contributed by atoms with Gasteiger partial charge in [-0.05, 0) is 29.8 Å². The number of hydrogen-bond acceptors (Lipinski definition) is 4. The molecule has 116 valence electrons. The van der Waals surface area contributed by atoms with Gasteiger partial charge in [0.15, 0.2) is 12.4 Å². The summed E-state index contributed by atoms with van der Waals surface area (Å²) in [5, 5.41) is 4.05. The molecule has 1 aliphatic heterocycles. The number of Topliss-reactive ketones (excluding diaryl/α,β-unsaturated/α-hetero) is 1. The molecule has 5 nitrogen and oxygen atoms in total. The maximum absolute atomic E-state index is 12.0. The van der Waals surface area contributed by atoms with Crippen molar-refractivity contribution in [3.05, 3.63) is 65.7 Å². The molecule has 2 aromatic rings. The maximum Gasteiger partial charge on any atom is 0.240 e. The fraction of sp³-hybridized carbons (Fsp3) is 0.167. The van der Waals surface area contributed by atoms with E-state index in [9.17, 15) is 9.59 Å². The van der Waals surface area contributed by atoms with Crippen molar-refractivity contribution in [3.63, 3.8) is 0 Å². The van der Waals surface area contributed by atoms with Crippen LogP contribution in [0.3, 0.4) is 0 Å². The lowest BCUT2D eigenvalue weighted by Crippen LogP contribution is -2.25. The number of amides is 1. The van der Waals surface area contributed by atoms with Crippen LogP contribution in [0.15, 0.2) is 59.7 Å². The Bertz CT molecular complexity index is 737. The Morgan fingerprint density at radius 3 is 2.43 bits per heavy atom. The summed E-state index contributed by atoms with van der Waals surface area (Å²) in [6.45, 7) is 0.000361. The van der Waals surface area contributed by atoms with Crippen molar-refractivity contribution in [1.82, 2.24) is 5.43 Å². The highest BCUT2D eigenvalue weighted by atomic mass is 16.5. The summed E-state index contributed by atoms with van der Waals surface area (Å²) < 4.78 is 5.52. The lowest BCUT2D eigenvalue weighted by molar-refractivity contribution is -0.121. The Hall–Kier alpha value is -2.95. The van der Waals surface area contributed by atoms with Crippen LogP contribution in [0, 0.1) is 0 Å². The van der Waals surface area contributed by atoms with E-state index in [2.05, 4.69) is 10.5 Å². The van der Waals surface area contributed by atoms with Crippen molar-refractivity contribution in [2.45, 2.75) is 12.8 Å². The van der Waals surface area contributed by atoms with Crippen LogP contribution in [0.25, 0.3) is 0 Å². The van der Waals surface area contributed by atoms with Crippen LogP contribution in [0.1, 0.15) is 28.8 Å². The van der Waals surface area contributed by atoms with E-state index in [0.29, 0.717) is 24.2 Å². The highest BCUT2D eigenvalue weighted by Gasteiger charge is 2.13. The summed E-state index contributed by atoms with van der Waals surface area (Å²) in [5.41, 5.74) is 4.89. The summed E-state index contributed by atoms with van der Waals surface area (Å²) in [6.07, 6.45) is 1.07. The Balaban J connectivity index is 1.60. The normalized spacial score (nSPS) is 13.9. The summed E-state index contributed by atoms with van der Waals surface area (Å²) in [6, 6.07) is 16.4. The Kier molecular flexibility index (Phi) is 4.47. The van der Waals surface area contributed by atoms with Gasteiger partial charge >= 0.3 is 0 Å². The number of carbonyl (C=O) groups is 2. The Labute approximate surface area is 134 Å². The molecule has 0 fully saturated rings. The zero-order chi connectivity index (χ0) is 16.1. The summed E-state index contributed by atoms with van der Waals surface area (Å²) in [7, 11) is 0. The number of rotatable bonds is 5. The first-order valence-electron chi connectivity index (χ1n) is 7.39. The van der Waals surface area contributed by atoms with Gasteiger partial charge in [0, 0.05) is 18.4 Å². The number of carbonyl (C=O) groups excluding carboxylic acids is 2. The monoisotopic (exact) mass is 308 g/mol. The third-order valence-electron chi connectivity index (χ3n) is 3.56. The van der Waals surface area contributed by atoms with Gasteiger partial charge in [-0.25, -0.2) is 5.43 Å². The summed E-state index contributed by atoms with van der Waals surface area (Å²) in [4.78, 5) is 23.1. The Morgan fingerprint density at radius 1 is 1.04 bits per heavy atom. The lowest BCUT2D eigenvalue weighted by Gasteiger charge is -2.12. The van der Waals surface area contributed by atoms with E-state index < -0.39 is 0 Å². The average Bonchev–Trinajstić information content (AvgIpc) is 2.61. The fourth-order valence-corrected chi connectivity index (χ4v) is 2.28. The topological polar surface area (TPSA) is 67.8 Å². The number of benzene rings is 2. The second-order valence-corrected chi connectivity index (χ2v) is 5.20. The molecule has 0 unspecified atom stereocenters. The Morgan fingerprint density at radius 2 is 1.78 bits per heavy atom. The van der Waals surface area contributed by atoms with Crippen molar-refractivity contribution in [1.29, 1.82) is 0 Å². The van der Waals surface area contributed by atoms with E-state index in [0.717, 1.165) is 11.3 Å². The predicted octanol–water partition coefficient (Wildman–Crippen LogP) is 2.56. The molecule has 23 heavy (non-hydrogen) atoms. The van der Waals surface area contributed by atoms with Crippen molar-refractivity contribution in [3.8, 4) is 5.75 Å². The van der Waals surface area contributed by atoms with Crippen LogP contribution in [0.4, 0.5) is 0 Å². The van der Waals surface area contributed by atoms with E-state index in [1.807, 2.05) is 30.3 Å². The third kappa shape index (κ3) is 3.83. The first-order chi connectivity index (χ1) is 11.2. The molecular weight excluding hydrogens is 292 g/mol. The lowest BCUT2D eigenvalue weighted by atomic mass is 10.0. The highest BCUT2D eigenvalue weighted by molar-refractivity contribution is 6.04.